The highest BCUT2D eigenvalue weighted by molar-refractivity contribution is 5.35. The van der Waals surface area contributed by atoms with Crippen LogP contribution in [0.2, 0.25) is 0 Å². The van der Waals surface area contributed by atoms with Gasteiger partial charge < -0.3 is 10.1 Å². The third-order valence-corrected chi connectivity index (χ3v) is 2.40. The van der Waals surface area contributed by atoms with Gasteiger partial charge in [0, 0.05) is 18.0 Å². The zero-order chi connectivity index (χ0) is 11.8. The molecule has 1 aromatic rings. The number of ether oxygens (including phenoxy) is 1. The molecular formula is C14H19NO. The molecule has 0 radical (unpaired) electrons. The fourth-order valence-electron chi connectivity index (χ4n) is 1.61. The Labute approximate surface area is 98.0 Å². The maximum atomic E-state index is 5.66. The van der Waals surface area contributed by atoms with Crippen LogP contribution in [0.4, 0.5) is 0 Å². The van der Waals surface area contributed by atoms with Crippen LogP contribution in [0.25, 0.3) is 0 Å². The molecule has 1 rings (SSSR count). The maximum absolute atomic E-state index is 5.66. The highest BCUT2D eigenvalue weighted by Gasteiger charge is 2.09. The molecule has 0 fully saturated rings. The summed E-state index contributed by atoms with van der Waals surface area (Å²) in [6, 6.07) is 8.37. The van der Waals surface area contributed by atoms with Gasteiger partial charge in [0.25, 0.3) is 0 Å². The van der Waals surface area contributed by atoms with Gasteiger partial charge in [-0.25, -0.2) is 0 Å². The lowest BCUT2D eigenvalue weighted by molar-refractivity contribution is 0.320. The summed E-state index contributed by atoms with van der Waals surface area (Å²) in [4.78, 5) is 0. The lowest BCUT2D eigenvalue weighted by Crippen LogP contribution is -2.18. The fraction of sp³-hybridized carbons (Fsp3) is 0.429. The van der Waals surface area contributed by atoms with Gasteiger partial charge in [-0.1, -0.05) is 25.1 Å². The average molecular weight is 217 g/mol. The first-order valence-corrected chi connectivity index (χ1v) is 5.68. The fourth-order valence-corrected chi connectivity index (χ4v) is 1.61. The zero-order valence-electron chi connectivity index (χ0n) is 9.99. The topological polar surface area (TPSA) is 21.3 Å². The first kappa shape index (κ1) is 12.6. The Balaban J connectivity index is 2.71. The summed E-state index contributed by atoms with van der Waals surface area (Å²) in [5.74, 6) is 3.49. The number of nitrogens with one attached hydrogen (secondary N) is 1. The van der Waals surface area contributed by atoms with Crippen molar-refractivity contribution in [2.24, 2.45) is 0 Å². The van der Waals surface area contributed by atoms with Crippen molar-refractivity contribution in [3.63, 3.8) is 0 Å². The SMILES string of the molecule is C#CCCOc1ccccc1C(C)NCC. The van der Waals surface area contributed by atoms with Crippen LogP contribution >= 0.6 is 0 Å². The monoisotopic (exact) mass is 217 g/mol. The molecule has 2 nitrogen and oxygen atoms in total. The minimum atomic E-state index is 0.298. The number of benzene rings is 1. The Bertz CT molecular complexity index is 354. The van der Waals surface area contributed by atoms with Crippen molar-refractivity contribution in [1.82, 2.24) is 5.32 Å². The van der Waals surface area contributed by atoms with Crippen molar-refractivity contribution in [2.45, 2.75) is 26.3 Å². The molecule has 0 aliphatic heterocycles. The third kappa shape index (κ3) is 3.60. The Hall–Kier alpha value is -1.46. The van der Waals surface area contributed by atoms with E-state index in [0.717, 1.165) is 12.3 Å². The lowest BCUT2D eigenvalue weighted by atomic mass is 10.1. The van der Waals surface area contributed by atoms with E-state index in [-0.39, 0.29) is 0 Å². The number of rotatable bonds is 6. The van der Waals surface area contributed by atoms with Crippen LogP contribution in [0, 0.1) is 12.3 Å². The molecule has 1 aromatic carbocycles. The molecule has 0 aliphatic rings. The minimum Gasteiger partial charge on any atom is -0.492 e. The van der Waals surface area contributed by atoms with Gasteiger partial charge >= 0.3 is 0 Å². The van der Waals surface area contributed by atoms with Gasteiger partial charge in [-0.15, -0.1) is 12.3 Å². The predicted molar refractivity (Wildman–Crippen MR) is 67.5 cm³/mol. The van der Waals surface area contributed by atoms with E-state index in [0.29, 0.717) is 19.1 Å². The first-order valence-electron chi connectivity index (χ1n) is 5.68. The molecule has 1 unspecified atom stereocenters. The zero-order valence-corrected chi connectivity index (χ0v) is 9.99. The average Bonchev–Trinajstić information content (AvgIpc) is 2.30. The van der Waals surface area contributed by atoms with Crippen LogP contribution in [-0.2, 0) is 0 Å². The van der Waals surface area contributed by atoms with Gasteiger partial charge in [-0.3, -0.25) is 0 Å². The van der Waals surface area contributed by atoms with Crippen molar-refractivity contribution >= 4 is 0 Å². The Morgan fingerprint density at radius 1 is 1.44 bits per heavy atom. The van der Waals surface area contributed by atoms with E-state index in [1.807, 2.05) is 18.2 Å². The normalized spacial score (nSPS) is 11.8. The summed E-state index contributed by atoms with van der Waals surface area (Å²) in [7, 11) is 0. The van der Waals surface area contributed by atoms with E-state index in [4.69, 9.17) is 11.2 Å². The summed E-state index contributed by atoms with van der Waals surface area (Å²) >= 11 is 0. The molecule has 0 saturated carbocycles. The smallest absolute Gasteiger partial charge is 0.124 e. The third-order valence-electron chi connectivity index (χ3n) is 2.40. The van der Waals surface area contributed by atoms with Crippen molar-refractivity contribution in [3.8, 4) is 18.1 Å². The molecule has 0 aliphatic carbocycles. The molecule has 0 spiro atoms. The molecule has 0 aromatic heterocycles. The maximum Gasteiger partial charge on any atom is 0.124 e. The van der Waals surface area contributed by atoms with E-state index in [9.17, 15) is 0 Å². The van der Waals surface area contributed by atoms with Crippen LogP contribution in [-0.4, -0.2) is 13.2 Å². The Morgan fingerprint density at radius 3 is 2.88 bits per heavy atom. The summed E-state index contributed by atoms with van der Waals surface area (Å²) in [5, 5.41) is 3.37. The molecule has 0 bridgehead atoms. The summed E-state index contributed by atoms with van der Waals surface area (Å²) < 4.78 is 5.66. The molecule has 16 heavy (non-hydrogen) atoms. The van der Waals surface area contributed by atoms with E-state index in [1.54, 1.807) is 0 Å². The lowest BCUT2D eigenvalue weighted by Gasteiger charge is -2.17. The standard InChI is InChI=1S/C14H19NO/c1-4-6-11-16-14-10-8-7-9-13(14)12(3)15-5-2/h1,7-10,12,15H,5-6,11H2,2-3H3. The molecule has 86 valence electrons. The van der Waals surface area contributed by atoms with Crippen molar-refractivity contribution in [2.75, 3.05) is 13.2 Å². The molecule has 1 N–H and O–H groups in total. The molecule has 0 heterocycles. The Morgan fingerprint density at radius 2 is 2.19 bits per heavy atom. The number of hydrogen-bond acceptors (Lipinski definition) is 2. The summed E-state index contributed by atoms with van der Waals surface area (Å²) in [6.45, 7) is 5.75. The van der Waals surface area contributed by atoms with Crippen LogP contribution in [0.5, 0.6) is 5.75 Å². The first-order chi connectivity index (χ1) is 7.79. The second-order valence-corrected chi connectivity index (χ2v) is 3.62. The molecule has 0 saturated heterocycles. The summed E-state index contributed by atoms with van der Waals surface area (Å²) in [5.41, 5.74) is 1.18. The summed E-state index contributed by atoms with van der Waals surface area (Å²) in [6.07, 6.45) is 5.84. The quantitative estimate of drug-likeness (QED) is 0.584. The second kappa shape index (κ2) is 6.92. The van der Waals surface area contributed by atoms with Gasteiger partial charge in [0.05, 0.1) is 6.61 Å². The van der Waals surface area contributed by atoms with Crippen LogP contribution in [0.15, 0.2) is 24.3 Å². The molecule has 2 heteroatoms. The van der Waals surface area contributed by atoms with E-state index < -0.39 is 0 Å². The van der Waals surface area contributed by atoms with Crippen molar-refractivity contribution < 1.29 is 4.74 Å². The van der Waals surface area contributed by atoms with E-state index in [1.165, 1.54) is 5.56 Å². The van der Waals surface area contributed by atoms with Gasteiger partial charge in [0.15, 0.2) is 0 Å². The Kier molecular flexibility index (Phi) is 5.45. The van der Waals surface area contributed by atoms with Gasteiger partial charge in [-0.2, -0.15) is 0 Å². The van der Waals surface area contributed by atoms with E-state index in [2.05, 4.69) is 31.2 Å². The van der Waals surface area contributed by atoms with Gasteiger partial charge in [0.2, 0.25) is 0 Å². The highest BCUT2D eigenvalue weighted by atomic mass is 16.5. The highest BCUT2D eigenvalue weighted by Crippen LogP contribution is 2.24. The molecular weight excluding hydrogens is 198 g/mol. The molecule has 1 atom stereocenters. The van der Waals surface area contributed by atoms with Gasteiger partial charge in [0.1, 0.15) is 5.75 Å². The van der Waals surface area contributed by atoms with Gasteiger partial charge in [-0.05, 0) is 19.5 Å². The second-order valence-electron chi connectivity index (χ2n) is 3.62. The van der Waals surface area contributed by atoms with Crippen molar-refractivity contribution in [3.05, 3.63) is 29.8 Å². The largest absolute Gasteiger partial charge is 0.492 e. The van der Waals surface area contributed by atoms with Crippen LogP contribution < -0.4 is 10.1 Å². The van der Waals surface area contributed by atoms with Crippen LogP contribution in [0.1, 0.15) is 31.9 Å². The number of hydrogen-bond donors (Lipinski definition) is 1. The molecule has 0 amide bonds. The number of terminal acetylenes is 1. The predicted octanol–water partition coefficient (Wildman–Crippen LogP) is 2.76. The minimum absolute atomic E-state index is 0.298. The van der Waals surface area contributed by atoms with E-state index >= 15 is 0 Å². The number of para-hydroxylation sites is 1. The van der Waals surface area contributed by atoms with Crippen LogP contribution in [0.3, 0.4) is 0 Å². The van der Waals surface area contributed by atoms with Crippen molar-refractivity contribution in [1.29, 1.82) is 0 Å².